The second kappa shape index (κ2) is 11.9. The molecule has 0 amide bonds. The highest BCUT2D eigenvalue weighted by atomic mass is 15.2. The summed E-state index contributed by atoms with van der Waals surface area (Å²) in [6.07, 6.45) is 7.81. The summed E-state index contributed by atoms with van der Waals surface area (Å²) in [4.78, 5) is 9.22. The molecule has 0 saturated carbocycles. The van der Waals surface area contributed by atoms with Crippen LogP contribution in [0.1, 0.15) is 0 Å². The van der Waals surface area contributed by atoms with Crippen LogP contribution in [0.2, 0.25) is 0 Å². The summed E-state index contributed by atoms with van der Waals surface area (Å²) in [5.74, 6) is 0. The number of aromatic nitrogens is 6. The summed E-state index contributed by atoms with van der Waals surface area (Å²) in [6.45, 7) is 0. The molecule has 0 aliphatic rings. The zero-order valence-corrected chi connectivity index (χ0v) is 30.2. The van der Waals surface area contributed by atoms with Crippen LogP contribution in [0.25, 0.3) is 99.6 Å². The van der Waals surface area contributed by atoms with Crippen LogP contribution in [-0.4, -0.2) is 28.2 Å². The average Bonchev–Trinajstić information content (AvgIpc) is 3.99. The standard InChI is InChI=1S/C50H32N6/c1-3-15-35(16-4-1)53-43-23-9-7-21-39(43)47-41-31-51-27-25-45(41)55(49(47)53)37-19-11-13-33(29-37)34-14-12-20-38(30-34)56-46-26-28-52-32-42(46)48-40-22-8-10-24-44(40)54(50(48)56)36-17-5-2-6-18-36/h1-32H. The molecule has 0 saturated heterocycles. The summed E-state index contributed by atoms with van der Waals surface area (Å²) >= 11 is 0. The van der Waals surface area contributed by atoms with Crippen molar-refractivity contribution < 1.29 is 0 Å². The molecule has 0 bridgehead atoms. The van der Waals surface area contributed by atoms with Crippen molar-refractivity contribution >= 4 is 65.7 Å². The summed E-state index contributed by atoms with van der Waals surface area (Å²) in [7, 11) is 0. The first kappa shape index (κ1) is 30.7. The van der Waals surface area contributed by atoms with Crippen LogP contribution in [0.15, 0.2) is 195 Å². The molecular formula is C50H32N6. The first-order valence-electron chi connectivity index (χ1n) is 18.9. The third-order valence-electron chi connectivity index (χ3n) is 11.3. The van der Waals surface area contributed by atoms with Gasteiger partial charge in [0.2, 0.25) is 0 Å². The van der Waals surface area contributed by atoms with E-state index in [2.05, 4.69) is 198 Å². The van der Waals surface area contributed by atoms with Gasteiger partial charge < -0.3 is 0 Å². The first-order chi connectivity index (χ1) is 27.8. The molecular weight excluding hydrogens is 685 g/mol. The van der Waals surface area contributed by atoms with Crippen molar-refractivity contribution in [3.05, 3.63) is 195 Å². The Labute approximate surface area is 321 Å². The van der Waals surface area contributed by atoms with Crippen LogP contribution in [0.4, 0.5) is 0 Å². The van der Waals surface area contributed by atoms with Gasteiger partial charge in [-0.15, -0.1) is 0 Å². The summed E-state index contributed by atoms with van der Waals surface area (Å²) in [5.41, 5.74) is 13.5. The van der Waals surface area contributed by atoms with Crippen LogP contribution in [-0.2, 0) is 0 Å². The minimum absolute atomic E-state index is 1.09. The second-order valence-electron chi connectivity index (χ2n) is 14.3. The minimum atomic E-state index is 1.09. The van der Waals surface area contributed by atoms with Crippen molar-refractivity contribution in [2.75, 3.05) is 0 Å². The van der Waals surface area contributed by atoms with Gasteiger partial charge in [-0.05, 0) is 83.9 Å². The molecule has 0 aliphatic heterocycles. The van der Waals surface area contributed by atoms with Gasteiger partial charge in [0.25, 0.3) is 0 Å². The lowest BCUT2D eigenvalue weighted by Gasteiger charge is -2.15. The van der Waals surface area contributed by atoms with E-state index in [1.165, 1.54) is 32.6 Å². The van der Waals surface area contributed by atoms with Gasteiger partial charge in [0.05, 0.1) is 22.1 Å². The first-order valence-corrected chi connectivity index (χ1v) is 18.9. The lowest BCUT2D eigenvalue weighted by molar-refractivity contribution is 1.06. The fourth-order valence-corrected chi connectivity index (χ4v) is 9.03. The van der Waals surface area contributed by atoms with E-state index in [4.69, 9.17) is 0 Å². The number of nitrogens with zero attached hydrogens (tertiary/aromatic N) is 6. The molecule has 6 nitrogen and oxygen atoms in total. The van der Waals surface area contributed by atoms with E-state index in [-0.39, 0.29) is 0 Å². The van der Waals surface area contributed by atoms with Crippen LogP contribution in [0.3, 0.4) is 0 Å². The maximum atomic E-state index is 4.61. The van der Waals surface area contributed by atoms with E-state index in [0.717, 1.165) is 67.0 Å². The van der Waals surface area contributed by atoms with E-state index < -0.39 is 0 Å². The molecule has 0 unspecified atom stereocenters. The van der Waals surface area contributed by atoms with Crippen molar-refractivity contribution in [1.29, 1.82) is 0 Å². The van der Waals surface area contributed by atoms with Gasteiger partial charge in [-0.1, -0.05) is 97.1 Å². The van der Waals surface area contributed by atoms with Crippen molar-refractivity contribution in [1.82, 2.24) is 28.2 Å². The van der Waals surface area contributed by atoms with Crippen LogP contribution in [0, 0.1) is 0 Å². The third kappa shape index (κ3) is 4.32. The SMILES string of the molecule is c1ccc(-n2c3ccccc3c3c4cnccc4n(-c4cccc(-c5cccc(-n6c7ccncc7c7c8ccccc8n(-c8ccccc8)c76)c5)c4)c32)cc1. The molecule has 6 heterocycles. The van der Waals surface area contributed by atoms with Crippen molar-refractivity contribution in [2.45, 2.75) is 0 Å². The Morgan fingerprint density at radius 2 is 0.679 bits per heavy atom. The van der Waals surface area contributed by atoms with Crippen LogP contribution < -0.4 is 0 Å². The molecule has 0 radical (unpaired) electrons. The Morgan fingerprint density at radius 1 is 0.304 bits per heavy atom. The van der Waals surface area contributed by atoms with E-state index in [9.17, 15) is 0 Å². The number of rotatable bonds is 5. The van der Waals surface area contributed by atoms with Crippen molar-refractivity contribution in [3.8, 4) is 33.9 Å². The predicted molar refractivity (Wildman–Crippen MR) is 230 cm³/mol. The molecule has 0 spiro atoms. The average molecular weight is 717 g/mol. The Balaban J connectivity index is 1.10. The van der Waals surface area contributed by atoms with Gasteiger partial charge in [-0.25, -0.2) is 0 Å². The van der Waals surface area contributed by atoms with Gasteiger partial charge in [-0.2, -0.15) is 0 Å². The van der Waals surface area contributed by atoms with Gasteiger partial charge in [0.15, 0.2) is 0 Å². The number of hydrogen-bond donors (Lipinski definition) is 0. The normalized spacial score (nSPS) is 11.9. The van der Waals surface area contributed by atoms with E-state index in [1.54, 1.807) is 0 Å². The summed E-state index contributed by atoms with van der Waals surface area (Å²) in [5, 5.41) is 7.08. The molecule has 0 N–H and O–H groups in total. The molecule has 0 aliphatic carbocycles. The Hall–Kier alpha value is -7.70. The molecule has 56 heavy (non-hydrogen) atoms. The number of para-hydroxylation sites is 4. The highest BCUT2D eigenvalue weighted by Crippen LogP contribution is 2.43. The Morgan fingerprint density at radius 3 is 1.14 bits per heavy atom. The zero-order chi connectivity index (χ0) is 36.7. The fraction of sp³-hybridized carbons (Fsp3) is 0. The zero-order valence-electron chi connectivity index (χ0n) is 30.2. The monoisotopic (exact) mass is 716 g/mol. The maximum absolute atomic E-state index is 4.61. The summed E-state index contributed by atoms with van der Waals surface area (Å²) < 4.78 is 9.59. The predicted octanol–water partition coefficient (Wildman–Crippen LogP) is 12.2. The van der Waals surface area contributed by atoms with Crippen LogP contribution in [0.5, 0.6) is 0 Å². The molecule has 262 valence electrons. The maximum Gasteiger partial charge on any atom is 0.131 e. The van der Waals surface area contributed by atoms with E-state index >= 15 is 0 Å². The number of fused-ring (bicyclic) bond motifs is 10. The molecule has 12 aromatic rings. The quantitative estimate of drug-likeness (QED) is 0.178. The lowest BCUT2D eigenvalue weighted by Crippen LogP contribution is -2.02. The van der Waals surface area contributed by atoms with Gasteiger partial charge in [0, 0.05) is 79.9 Å². The largest absolute Gasteiger partial charge is 0.295 e. The van der Waals surface area contributed by atoms with E-state index in [0.29, 0.717) is 0 Å². The molecule has 0 atom stereocenters. The molecule has 6 aromatic heterocycles. The number of hydrogen-bond acceptors (Lipinski definition) is 2. The highest BCUT2D eigenvalue weighted by Gasteiger charge is 2.24. The van der Waals surface area contributed by atoms with Gasteiger partial charge >= 0.3 is 0 Å². The van der Waals surface area contributed by atoms with E-state index in [1.807, 2.05) is 24.8 Å². The van der Waals surface area contributed by atoms with Crippen LogP contribution >= 0.6 is 0 Å². The molecule has 6 heteroatoms. The van der Waals surface area contributed by atoms with Gasteiger partial charge in [-0.3, -0.25) is 28.2 Å². The third-order valence-corrected chi connectivity index (χ3v) is 11.3. The molecule has 12 rings (SSSR count). The van der Waals surface area contributed by atoms with Crippen molar-refractivity contribution in [2.24, 2.45) is 0 Å². The second-order valence-corrected chi connectivity index (χ2v) is 14.3. The lowest BCUT2D eigenvalue weighted by atomic mass is 10.0. The Kier molecular flexibility index (Phi) is 6.53. The fourth-order valence-electron chi connectivity index (χ4n) is 9.03. The smallest absolute Gasteiger partial charge is 0.131 e. The van der Waals surface area contributed by atoms with Crippen molar-refractivity contribution in [3.63, 3.8) is 0 Å². The molecule has 6 aromatic carbocycles. The Bertz CT molecular complexity index is 3240. The summed E-state index contributed by atoms with van der Waals surface area (Å²) in [6, 6.07) is 60.8. The highest BCUT2D eigenvalue weighted by molar-refractivity contribution is 6.23. The number of pyridine rings is 2. The number of benzene rings is 6. The minimum Gasteiger partial charge on any atom is -0.295 e. The topological polar surface area (TPSA) is 45.5 Å². The van der Waals surface area contributed by atoms with Gasteiger partial charge in [0.1, 0.15) is 11.3 Å². The molecule has 0 fully saturated rings.